The van der Waals surface area contributed by atoms with Gasteiger partial charge in [-0.3, -0.25) is 25.2 Å². The van der Waals surface area contributed by atoms with Gasteiger partial charge >= 0.3 is 0 Å². The first-order valence-corrected chi connectivity index (χ1v) is 8.37. The molecule has 1 aromatic rings. The zero-order chi connectivity index (χ0) is 18.2. The number of carbonyl (C=O) groups is 3. The monoisotopic (exact) mass is 347 g/mol. The lowest BCUT2D eigenvalue weighted by Gasteiger charge is -2.32. The Labute approximate surface area is 147 Å². The highest BCUT2D eigenvalue weighted by atomic mass is 16.2. The van der Waals surface area contributed by atoms with E-state index >= 15 is 0 Å². The topological polar surface area (TPSA) is 103 Å². The Morgan fingerprint density at radius 2 is 2.00 bits per heavy atom. The summed E-state index contributed by atoms with van der Waals surface area (Å²) in [5.41, 5.74) is 6.13. The minimum Gasteiger partial charge on any atom is -0.343 e. The quantitative estimate of drug-likeness (QED) is 0.514. The summed E-state index contributed by atoms with van der Waals surface area (Å²) in [6, 6.07) is 8.27. The number of carbonyl (C=O) groups excluding carboxylic acids is 3. The molecule has 0 bridgehead atoms. The lowest BCUT2D eigenvalue weighted by molar-refractivity contribution is -0.141. The molecule has 1 aliphatic rings. The van der Waals surface area contributed by atoms with E-state index in [0.29, 0.717) is 13.0 Å². The molecule has 3 amide bonds. The number of hydrogen-bond acceptors (Lipinski definition) is 5. The molecule has 0 aromatic heterocycles. The van der Waals surface area contributed by atoms with Gasteiger partial charge in [-0.1, -0.05) is 18.2 Å². The fraction of sp³-hybridized carbons (Fsp3) is 0.471. The number of nitrogens with one attached hydrogen (secondary N) is 4. The molecule has 0 unspecified atom stereocenters. The summed E-state index contributed by atoms with van der Waals surface area (Å²) >= 11 is 0. The lowest BCUT2D eigenvalue weighted by atomic mass is 10.0. The van der Waals surface area contributed by atoms with E-state index in [0.717, 1.165) is 12.1 Å². The molecule has 1 heterocycles. The van der Waals surface area contributed by atoms with Crippen LogP contribution in [0.25, 0.3) is 0 Å². The normalized spacial score (nSPS) is 18.4. The van der Waals surface area contributed by atoms with Gasteiger partial charge in [0.25, 0.3) is 5.91 Å². The van der Waals surface area contributed by atoms with Crippen LogP contribution in [-0.2, 0) is 14.4 Å². The Morgan fingerprint density at radius 1 is 1.28 bits per heavy atom. The van der Waals surface area contributed by atoms with Crippen molar-refractivity contribution < 1.29 is 14.4 Å². The number of amides is 3. The maximum absolute atomic E-state index is 12.5. The van der Waals surface area contributed by atoms with E-state index in [-0.39, 0.29) is 30.3 Å². The first-order chi connectivity index (χ1) is 12.0. The summed E-state index contributed by atoms with van der Waals surface area (Å²) in [6.45, 7) is 2.18. The first kappa shape index (κ1) is 18.7. The minimum atomic E-state index is -0.577. The zero-order valence-electron chi connectivity index (χ0n) is 14.5. The van der Waals surface area contributed by atoms with E-state index in [1.165, 1.54) is 4.90 Å². The zero-order valence-corrected chi connectivity index (χ0v) is 14.5. The highest BCUT2D eigenvalue weighted by Gasteiger charge is 2.31. The number of para-hydroxylation sites is 1. The average Bonchev–Trinajstić information content (AvgIpc) is 2.63. The molecule has 25 heavy (non-hydrogen) atoms. The van der Waals surface area contributed by atoms with Gasteiger partial charge in [-0.05, 0) is 38.9 Å². The molecule has 2 rings (SSSR count). The summed E-state index contributed by atoms with van der Waals surface area (Å²) < 4.78 is 0. The molecule has 1 aromatic carbocycles. The summed E-state index contributed by atoms with van der Waals surface area (Å²) in [5.74, 6) is -0.761. The molecule has 1 aliphatic heterocycles. The molecule has 0 aliphatic carbocycles. The second-order valence-electron chi connectivity index (χ2n) is 6.01. The van der Waals surface area contributed by atoms with Gasteiger partial charge in [-0.15, -0.1) is 0 Å². The highest BCUT2D eigenvalue weighted by Crippen LogP contribution is 2.12. The Morgan fingerprint density at radius 3 is 2.68 bits per heavy atom. The largest absolute Gasteiger partial charge is 0.343 e. The predicted octanol–water partition coefficient (Wildman–Crippen LogP) is -0.155. The number of anilines is 1. The summed E-state index contributed by atoms with van der Waals surface area (Å²) in [5, 5.41) is 5.58. The van der Waals surface area contributed by atoms with E-state index in [1.807, 2.05) is 30.3 Å². The van der Waals surface area contributed by atoms with Crippen LogP contribution in [0.5, 0.6) is 0 Å². The van der Waals surface area contributed by atoms with Crippen molar-refractivity contribution in [2.75, 3.05) is 25.6 Å². The number of hydrogen-bond donors (Lipinski definition) is 4. The maximum atomic E-state index is 12.5. The number of likely N-dealkylation sites (N-methyl/N-ethyl adjacent to an activating group) is 1. The molecule has 2 atom stereocenters. The predicted molar refractivity (Wildman–Crippen MR) is 94.5 cm³/mol. The second kappa shape index (κ2) is 9.03. The van der Waals surface area contributed by atoms with Crippen LogP contribution in [0.4, 0.5) is 5.69 Å². The van der Waals surface area contributed by atoms with Gasteiger partial charge in [0.15, 0.2) is 0 Å². The molecule has 1 fully saturated rings. The van der Waals surface area contributed by atoms with Crippen LogP contribution >= 0.6 is 0 Å². The fourth-order valence-electron chi connectivity index (χ4n) is 2.54. The lowest BCUT2D eigenvalue weighted by Crippen LogP contribution is -2.56. The van der Waals surface area contributed by atoms with E-state index in [9.17, 15) is 14.4 Å². The third-order valence-electron chi connectivity index (χ3n) is 4.13. The molecular formula is C17H25N5O3. The van der Waals surface area contributed by atoms with Crippen LogP contribution in [0.15, 0.2) is 30.3 Å². The van der Waals surface area contributed by atoms with Crippen molar-refractivity contribution >= 4 is 23.4 Å². The van der Waals surface area contributed by atoms with Crippen molar-refractivity contribution in [2.45, 2.75) is 31.8 Å². The van der Waals surface area contributed by atoms with Crippen molar-refractivity contribution in [3.63, 3.8) is 0 Å². The number of likely N-dealkylation sites (tertiary alicyclic amines) is 1. The van der Waals surface area contributed by atoms with Crippen LogP contribution in [0.2, 0.25) is 0 Å². The van der Waals surface area contributed by atoms with Crippen molar-refractivity contribution in [3.8, 4) is 0 Å². The van der Waals surface area contributed by atoms with Crippen molar-refractivity contribution in [1.82, 2.24) is 21.0 Å². The fourth-order valence-corrected chi connectivity index (χ4v) is 2.54. The van der Waals surface area contributed by atoms with Gasteiger partial charge in [0, 0.05) is 6.54 Å². The van der Waals surface area contributed by atoms with Crippen LogP contribution in [0.1, 0.15) is 19.8 Å². The Kier molecular flexibility index (Phi) is 6.76. The van der Waals surface area contributed by atoms with Gasteiger partial charge in [0.05, 0.1) is 11.7 Å². The minimum absolute atomic E-state index is 0.0490. The third kappa shape index (κ3) is 5.46. The van der Waals surface area contributed by atoms with Crippen molar-refractivity contribution in [1.29, 1.82) is 0 Å². The molecule has 1 saturated heterocycles. The van der Waals surface area contributed by atoms with Crippen LogP contribution < -0.4 is 21.5 Å². The SMILES string of the molecule is CN[C@@H](C)C(=O)N[C@@H]1CCCN(CC(=O)NNc2ccccc2)C1=O. The van der Waals surface area contributed by atoms with Crippen LogP contribution in [0, 0.1) is 0 Å². The van der Waals surface area contributed by atoms with Gasteiger partial charge in [0.1, 0.15) is 12.6 Å². The Hall–Kier alpha value is -2.61. The number of hydrazine groups is 1. The first-order valence-electron chi connectivity index (χ1n) is 8.37. The molecular weight excluding hydrogens is 322 g/mol. The number of rotatable bonds is 7. The van der Waals surface area contributed by atoms with E-state index < -0.39 is 6.04 Å². The molecule has 0 spiro atoms. The molecule has 8 heteroatoms. The number of piperidine rings is 1. The van der Waals surface area contributed by atoms with Gasteiger partial charge < -0.3 is 15.5 Å². The molecule has 136 valence electrons. The highest BCUT2D eigenvalue weighted by molar-refractivity contribution is 5.92. The van der Waals surface area contributed by atoms with Crippen LogP contribution in [0.3, 0.4) is 0 Å². The van der Waals surface area contributed by atoms with E-state index in [2.05, 4.69) is 21.5 Å². The smallest absolute Gasteiger partial charge is 0.257 e. The molecule has 8 nitrogen and oxygen atoms in total. The van der Waals surface area contributed by atoms with E-state index in [1.54, 1.807) is 14.0 Å². The average molecular weight is 347 g/mol. The van der Waals surface area contributed by atoms with Crippen LogP contribution in [-0.4, -0.2) is 54.8 Å². The third-order valence-corrected chi connectivity index (χ3v) is 4.13. The Balaban J connectivity index is 1.83. The number of benzene rings is 1. The molecule has 0 saturated carbocycles. The summed E-state index contributed by atoms with van der Waals surface area (Å²) in [6.07, 6.45) is 1.32. The van der Waals surface area contributed by atoms with Gasteiger partial charge in [-0.25, -0.2) is 0 Å². The number of nitrogens with zero attached hydrogens (tertiary/aromatic N) is 1. The maximum Gasteiger partial charge on any atom is 0.257 e. The molecule has 0 radical (unpaired) electrons. The summed E-state index contributed by atoms with van der Waals surface area (Å²) in [4.78, 5) is 37.9. The van der Waals surface area contributed by atoms with Crippen molar-refractivity contribution in [3.05, 3.63) is 30.3 Å². The van der Waals surface area contributed by atoms with Gasteiger partial charge in [0.2, 0.25) is 11.8 Å². The second-order valence-corrected chi connectivity index (χ2v) is 6.01. The Bertz CT molecular complexity index is 608. The standard InChI is InChI=1S/C17H25N5O3/c1-12(18-2)16(24)19-14-9-6-10-22(17(14)25)11-15(23)21-20-13-7-4-3-5-8-13/h3-5,7-8,12,14,18,20H,6,9-11H2,1-2H3,(H,19,24)(H,21,23)/t12-,14+/m0/s1. The molecule has 4 N–H and O–H groups in total. The summed E-state index contributed by atoms with van der Waals surface area (Å²) in [7, 11) is 1.68. The van der Waals surface area contributed by atoms with Gasteiger partial charge in [-0.2, -0.15) is 0 Å². The van der Waals surface area contributed by atoms with Crippen molar-refractivity contribution in [2.24, 2.45) is 0 Å². The van der Waals surface area contributed by atoms with E-state index in [4.69, 9.17) is 0 Å².